The molecule has 1 unspecified atom stereocenters. The highest BCUT2D eigenvalue weighted by Crippen LogP contribution is 2.10. The van der Waals surface area contributed by atoms with Crippen molar-refractivity contribution >= 4 is 29.3 Å². The molecule has 3 nitrogen and oxygen atoms in total. The number of carboxylic acids is 1. The van der Waals surface area contributed by atoms with Crippen LogP contribution in [0.2, 0.25) is 0 Å². The van der Waals surface area contributed by atoms with Crippen molar-refractivity contribution < 1.29 is 9.90 Å². The molecule has 0 heterocycles. The summed E-state index contributed by atoms with van der Waals surface area (Å²) in [6.07, 6.45) is 0.462. The first kappa shape index (κ1) is 11.8. The Bertz CT molecular complexity index is 175. The minimum Gasteiger partial charge on any atom is -0.480 e. The zero-order chi connectivity index (χ0) is 9.56. The lowest BCUT2D eigenvalue weighted by molar-refractivity contribution is -0.138. The van der Waals surface area contributed by atoms with Crippen molar-refractivity contribution in [1.82, 2.24) is 0 Å². The van der Waals surface area contributed by atoms with Crippen LogP contribution in [-0.2, 0) is 4.79 Å². The minimum absolute atomic E-state index is 0.462. The molecule has 0 aliphatic rings. The van der Waals surface area contributed by atoms with E-state index >= 15 is 0 Å². The number of hydrogen-bond acceptors (Lipinski definition) is 3. The Morgan fingerprint density at radius 3 is 2.75 bits per heavy atom. The number of halogens is 1. The summed E-state index contributed by atoms with van der Waals surface area (Å²) in [5.74, 6) is 0.382. The van der Waals surface area contributed by atoms with Gasteiger partial charge in [0.25, 0.3) is 0 Å². The third-order valence-corrected chi connectivity index (χ3v) is 2.52. The lowest BCUT2D eigenvalue weighted by Crippen LogP contribution is -2.30. The van der Waals surface area contributed by atoms with E-state index in [1.54, 1.807) is 0 Å². The summed E-state index contributed by atoms with van der Waals surface area (Å²) in [6, 6.07) is -0.763. The fraction of sp³-hybridized carbons (Fsp3) is 0.571. The van der Waals surface area contributed by atoms with Gasteiger partial charge in [-0.2, -0.15) is 11.8 Å². The average Bonchev–Trinajstić information content (AvgIpc) is 1.97. The van der Waals surface area contributed by atoms with Crippen molar-refractivity contribution in [3.8, 4) is 0 Å². The third-order valence-electron chi connectivity index (χ3n) is 1.15. The van der Waals surface area contributed by atoms with Gasteiger partial charge in [0.15, 0.2) is 0 Å². The number of thioether (sulfide) groups is 1. The van der Waals surface area contributed by atoms with Crippen LogP contribution in [0.1, 0.15) is 6.42 Å². The van der Waals surface area contributed by atoms with Gasteiger partial charge in [0.1, 0.15) is 6.04 Å². The Balaban J connectivity index is 3.31. The highest BCUT2D eigenvalue weighted by molar-refractivity contribution is 7.99. The largest absolute Gasteiger partial charge is 0.480 e. The Hall–Kier alpha value is -0.190. The standard InChI is InChI=1S/C7H12ClNO2S/c1-5(8)4-12-3-2-6(9)7(10)11/h6H,1-4,9H2,(H,10,11). The molecule has 0 amide bonds. The summed E-state index contributed by atoms with van der Waals surface area (Å²) in [6.45, 7) is 3.50. The second-order valence-corrected chi connectivity index (χ2v) is 3.94. The Morgan fingerprint density at radius 2 is 2.33 bits per heavy atom. The Morgan fingerprint density at radius 1 is 1.75 bits per heavy atom. The average molecular weight is 210 g/mol. The van der Waals surface area contributed by atoms with E-state index in [1.165, 1.54) is 11.8 Å². The second-order valence-electron chi connectivity index (χ2n) is 2.30. The molecular weight excluding hydrogens is 198 g/mol. The van der Waals surface area contributed by atoms with Crippen molar-refractivity contribution in [2.24, 2.45) is 5.73 Å². The van der Waals surface area contributed by atoms with Crippen molar-refractivity contribution in [2.75, 3.05) is 11.5 Å². The van der Waals surface area contributed by atoms with Crippen molar-refractivity contribution in [1.29, 1.82) is 0 Å². The monoisotopic (exact) mass is 209 g/mol. The topological polar surface area (TPSA) is 63.3 Å². The summed E-state index contributed by atoms with van der Waals surface area (Å²) in [5, 5.41) is 8.99. The molecule has 0 saturated heterocycles. The molecule has 0 radical (unpaired) electrons. The smallest absolute Gasteiger partial charge is 0.320 e. The molecule has 0 aliphatic heterocycles. The SMILES string of the molecule is C=C(Cl)CSCCC(N)C(=O)O. The predicted molar refractivity (Wildman–Crippen MR) is 52.5 cm³/mol. The van der Waals surface area contributed by atoms with Gasteiger partial charge in [-0.25, -0.2) is 0 Å². The maximum atomic E-state index is 10.2. The van der Waals surface area contributed by atoms with Crippen LogP contribution in [0.5, 0.6) is 0 Å². The molecule has 5 heteroatoms. The van der Waals surface area contributed by atoms with Gasteiger partial charge >= 0.3 is 5.97 Å². The molecule has 0 aromatic heterocycles. The maximum Gasteiger partial charge on any atom is 0.320 e. The highest BCUT2D eigenvalue weighted by atomic mass is 35.5. The molecule has 3 N–H and O–H groups in total. The number of carbonyl (C=O) groups is 1. The molecule has 0 fully saturated rings. The summed E-state index contributed by atoms with van der Waals surface area (Å²) < 4.78 is 0. The number of rotatable bonds is 6. The van der Waals surface area contributed by atoms with E-state index in [4.69, 9.17) is 22.4 Å². The first-order valence-corrected chi connectivity index (χ1v) is 4.96. The second kappa shape index (κ2) is 6.34. The molecule has 0 rings (SSSR count). The van der Waals surface area contributed by atoms with Gasteiger partial charge < -0.3 is 10.8 Å². The predicted octanol–water partition coefficient (Wildman–Crippen LogP) is 1.27. The van der Waals surface area contributed by atoms with E-state index in [1.807, 2.05) is 0 Å². The Labute approximate surface area is 81.0 Å². The molecule has 0 spiro atoms. The van der Waals surface area contributed by atoms with Gasteiger partial charge in [0.05, 0.1) is 0 Å². The molecule has 70 valence electrons. The van der Waals surface area contributed by atoms with Crippen LogP contribution in [0.4, 0.5) is 0 Å². The van der Waals surface area contributed by atoms with E-state index in [0.29, 0.717) is 23.0 Å². The van der Waals surface area contributed by atoms with Crippen LogP contribution in [0.15, 0.2) is 11.6 Å². The molecular formula is C7H12ClNO2S. The third kappa shape index (κ3) is 6.52. The van der Waals surface area contributed by atoms with E-state index in [9.17, 15) is 4.79 Å². The number of aliphatic carboxylic acids is 1. The molecule has 0 bridgehead atoms. The number of nitrogens with two attached hydrogens (primary N) is 1. The number of hydrogen-bond donors (Lipinski definition) is 2. The molecule has 0 aromatic rings. The van der Waals surface area contributed by atoms with Crippen LogP contribution in [0.3, 0.4) is 0 Å². The van der Waals surface area contributed by atoms with E-state index < -0.39 is 12.0 Å². The van der Waals surface area contributed by atoms with Gasteiger partial charge in [-0.3, -0.25) is 4.79 Å². The van der Waals surface area contributed by atoms with E-state index in [2.05, 4.69) is 6.58 Å². The lowest BCUT2D eigenvalue weighted by Gasteiger charge is -2.04. The van der Waals surface area contributed by atoms with Gasteiger partial charge in [0.2, 0.25) is 0 Å². The lowest BCUT2D eigenvalue weighted by atomic mass is 10.2. The molecule has 12 heavy (non-hydrogen) atoms. The van der Waals surface area contributed by atoms with Crippen LogP contribution in [0, 0.1) is 0 Å². The van der Waals surface area contributed by atoms with Crippen molar-refractivity contribution in [3.63, 3.8) is 0 Å². The summed E-state index contributed by atoms with van der Waals surface area (Å²) in [5.41, 5.74) is 5.27. The zero-order valence-electron chi connectivity index (χ0n) is 6.62. The maximum absolute atomic E-state index is 10.2. The zero-order valence-corrected chi connectivity index (χ0v) is 8.20. The fourth-order valence-electron chi connectivity index (χ4n) is 0.517. The Kier molecular flexibility index (Phi) is 6.24. The first-order chi connectivity index (χ1) is 5.54. The summed E-state index contributed by atoms with van der Waals surface area (Å²) in [4.78, 5) is 10.2. The van der Waals surface area contributed by atoms with E-state index in [0.717, 1.165) is 0 Å². The van der Waals surface area contributed by atoms with Gasteiger partial charge in [-0.1, -0.05) is 18.2 Å². The van der Waals surface area contributed by atoms with Gasteiger partial charge in [0, 0.05) is 10.8 Å². The molecule has 0 aliphatic carbocycles. The highest BCUT2D eigenvalue weighted by Gasteiger charge is 2.09. The van der Waals surface area contributed by atoms with Crippen LogP contribution in [-0.4, -0.2) is 28.6 Å². The molecule has 0 aromatic carbocycles. The molecule has 0 saturated carbocycles. The number of carboxylic acid groups (broad SMARTS) is 1. The van der Waals surface area contributed by atoms with Crippen molar-refractivity contribution in [2.45, 2.75) is 12.5 Å². The normalized spacial score (nSPS) is 12.5. The van der Waals surface area contributed by atoms with Crippen LogP contribution in [0.25, 0.3) is 0 Å². The van der Waals surface area contributed by atoms with E-state index in [-0.39, 0.29) is 0 Å². The molecule has 1 atom stereocenters. The summed E-state index contributed by atoms with van der Waals surface area (Å²) in [7, 11) is 0. The minimum atomic E-state index is -0.958. The summed E-state index contributed by atoms with van der Waals surface area (Å²) >= 11 is 7.03. The quantitative estimate of drug-likeness (QED) is 0.647. The first-order valence-electron chi connectivity index (χ1n) is 3.43. The van der Waals surface area contributed by atoms with Gasteiger partial charge in [-0.05, 0) is 12.2 Å². The van der Waals surface area contributed by atoms with Gasteiger partial charge in [-0.15, -0.1) is 0 Å². The fourth-order valence-corrected chi connectivity index (χ4v) is 1.53. The van der Waals surface area contributed by atoms with Crippen LogP contribution >= 0.6 is 23.4 Å². The van der Waals surface area contributed by atoms with Crippen molar-refractivity contribution in [3.05, 3.63) is 11.6 Å². The van der Waals surface area contributed by atoms with Crippen LogP contribution < -0.4 is 5.73 Å².